The third-order valence-corrected chi connectivity index (χ3v) is 4.83. The van der Waals surface area contributed by atoms with Crippen LogP contribution in [-0.2, 0) is 17.6 Å². The molecule has 2 aromatic carbocycles. The Labute approximate surface area is 158 Å². The number of carbonyl (C=O) groups excluding carboxylic acids is 1. The molecule has 27 heavy (non-hydrogen) atoms. The first-order valence-corrected chi connectivity index (χ1v) is 8.84. The van der Waals surface area contributed by atoms with Crippen molar-refractivity contribution >= 4 is 5.91 Å². The molecule has 0 unspecified atom stereocenters. The van der Waals surface area contributed by atoms with E-state index in [4.69, 9.17) is 14.2 Å². The highest BCUT2D eigenvalue weighted by Gasteiger charge is 2.31. The highest BCUT2D eigenvalue weighted by molar-refractivity contribution is 5.80. The number of rotatable bonds is 7. The number of carbonyl (C=O) groups is 1. The number of likely N-dealkylation sites (tertiary alicyclic amines) is 1. The molecule has 1 aliphatic rings. The number of hydrogen-bond acceptors (Lipinski definition) is 4. The molecule has 2 aromatic rings. The molecule has 0 aromatic heterocycles. The molecule has 144 valence electrons. The van der Waals surface area contributed by atoms with E-state index in [0.29, 0.717) is 30.3 Å². The zero-order chi connectivity index (χ0) is 19.4. The highest BCUT2D eigenvalue weighted by atomic mass is 19.1. The standard InChI is InChI=1S/C21H24FNO4/c1-25-18-7-14(8-19(11-18)26-2)6-15-12-23(13-15)21(24)10-16-9-17(22)4-5-20(16)27-3/h4-5,7-9,11,15H,6,10,12-13H2,1-3H3. The average molecular weight is 373 g/mol. The summed E-state index contributed by atoms with van der Waals surface area (Å²) in [5.74, 6) is 2.06. The van der Waals surface area contributed by atoms with Gasteiger partial charge in [0.05, 0.1) is 27.8 Å². The summed E-state index contributed by atoms with van der Waals surface area (Å²) in [5.41, 5.74) is 1.69. The molecule has 3 rings (SSSR count). The molecular formula is C21H24FNO4. The van der Waals surface area contributed by atoms with Crippen LogP contribution < -0.4 is 14.2 Å². The zero-order valence-corrected chi connectivity index (χ0v) is 15.8. The number of amides is 1. The lowest BCUT2D eigenvalue weighted by molar-refractivity contribution is -0.136. The van der Waals surface area contributed by atoms with Crippen LogP contribution in [0.3, 0.4) is 0 Å². The maximum Gasteiger partial charge on any atom is 0.227 e. The molecule has 0 bridgehead atoms. The minimum atomic E-state index is -0.368. The third kappa shape index (κ3) is 4.51. The predicted molar refractivity (Wildman–Crippen MR) is 100.0 cm³/mol. The van der Waals surface area contributed by atoms with Crippen molar-refractivity contribution in [2.45, 2.75) is 12.8 Å². The van der Waals surface area contributed by atoms with Crippen LogP contribution >= 0.6 is 0 Å². The molecule has 0 radical (unpaired) electrons. The van der Waals surface area contributed by atoms with Crippen LogP contribution in [0.5, 0.6) is 17.2 Å². The van der Waals surface area contributed by atoms with Crippen molar-refractivity contribution in [2.24, 2.45) is 5.92 Å². The first-order chi connectivity index (χ1) is 13.0. The van der Waals surface area contributed by atoms with Crippen molar-refractivity contribution in [3.63, 3.8) is 0 Å². The lowest BCUT2D eigenvalue weighted by Gasteiger charge is -2.39. The van der Waals surface area contributed by atoms with Crippen LogP contribution in [0.25, 0.3) is 0 Å². The zero-order valence-electron chi connectivity index (χ0n) is 15.8. The van der Waals surface area contributed by atoms with E-state index >= 15 is 0 Å². The Morgan fingerprint density at radius 1 is 1.04 bits per heavy atom. The van der Waals surface area contributed by atoms with E-state index in [0.717, 1.165) is 23.5 Å². The smallest absolute Gasteiger partial charge is 0.227 e. The molecule has 0 spiro atoms. The van der Waals surface area contributed by atoms with E-state index < -0.39 is 0 Å². The summed E-state index contributed by atoms with van der Waals surface area (Å²) in [5, 5.41) is 0. The van der Waals surface area contributed by atoms with Gasteiger partial charge < -0.3 is 19.1 Å². The van der Waals surface area contributed by atoms with Crippen LogP contribution in [0, 0.1) is 11.7 Å². The summed E-state index contributed by atoms with van der Waals surface area (Å²) in [7, 11) is 4.77. The average Bonchev–Trinajstić information content (AvgIpc) is 2.64. The number of ether oxygens (including phenoxy) is 3. The Kier molecular flexibility index (Phi) is 5.84. The molecule has 5 nitrogen and oxygen atoms in total. The summed E-state index contributed by atoms with van der Waals surface area (Å²) < 4.78 is 29.3. The largest absolute Gasteiger partial charge is 0.497 e. The number of hydrogen-bond donors (Lipinski definition) is 0. The van der Waals surface area contributed by atoms with Gasteiger partial charge in [0, 0.05) is 24.7 Å². The second-order valence-electron chi connectivity index (χ2n) is 6.72. The Balaban J connectivity index is 1.57. The van der Waals surface area contributed by atoms with E-state index in [-0.39, 0.29) is 18.1 Å². The normalized spacial score (nSPS) is 13.9. The van der Waals surface area contributed by atoms with Crippen molar-refractivity contribution in [1.29, 1.82) is 0 Å². The van der Waals surface area contributed by atoms with Gasteiger partial charge in [-0.1, -0.05) is 0 Å². The quantitative estimate of drug-likeness (QED) is 0.748. The van der Waals surface area contributed by atoms with Gasteiger partial charge in [-0.15, -0.1) is 0 Å². The lowest BCUT2D eigenvalue weighted by Crippen LogP contribution is -2.51. The Hall–Kier alpha value is -2.76. The number of benzene rings is 2. The minimum Gasteiger partial charge on any atom is -0.497 e. The molecule has 0 saturated carbocycles. The Bertz CT molecular complexity index is 796. The van der Waals surface area contributed by atoms with Crippen LogP contribution in [0.4, 0.5) is 4.39 Å². The highest BCUT2D eigenvalue weighted by Crippen LogP contribution is 2.28. The van der Waals surface area contributed by atoms with Crippen molar-refractivity contribution in [3.8, 4) is 17.2 Å². The van der Waals surface area contributed by atoms with Crippen molar-refractivity contribution in [3.05, 3.63) is 53.3 Å². The van der Waals surface area contributed by atoms with Crippen molar-refractivity contribution in [1.82, 2.24) is 4.90 Å². The van der Waals surface area contributed by atoms with E-state index in [9.17, 15) is 9.18 Å². The second-order valence-corrected chi connectivity index (χ2v) is 6.72. The SMILES string of the molecule is COc1cc(CC2CN(C(=O)Cc3cc(F)ccc3OC)C2)cc(OC)c1. The molecule has 0 N–H and O–H groups in total. The van der Waals surface area contributed by atoms with Crippen molar-refractivity contribution in [2.75, 3.05) is 34.4 Å². The van der Waals surface area contributed by atoms with Gasteiger partial charge in [0.15, 0.2) is 0 Å². The van der Waals surface area contributed by atoms with Gasteiger partial charge in [0.1, 0.15) is 23.1 Å². The topological polar surface area (TPSA) is 48.0 Å². The molecule has 1 heterocycles. The fourth-order valence-electron chi connectivity index (χ4n) is 3.38. The summed E-state index contributed by atoms with van der Waals surface area (Å²) in [6.45, 7) is 1.38. The van der Waals surface area contributed by atoms with Crippen LogP contribution in [0.1, 0.15) is 11.1 Å². The maximum absolute atomic E-state index is 13.5. The number of nitrogens with zero attached hydrogens (tertiary/aromatic N) is 1. The van der Waals surface area contributed by atoms with Crippen LogP contribution in [-0.4, -0.2) is 45.2 Å². The van der Waals surface area contributed by atoms with E-state index in [1.165, 1.54) is 19.2 Å². The van der Waals surface area contributed by atoms with Crippen LogP contribution in [0.2, 0.25) is 0 Å². The van der Waals surface area contributed by atoms with Crippen molar-refractivity contribution < 1.29 is 23.4 Å². The monoisotopic (exact) mass is 373 g/mol. The Morgan fingerprint density at radius 3 is 2.30 bits per heavy atom. The van der Waals surface area contributed by atoms with E-state index in [1.54, 1.807) is 25.2 Å². The summed E-state index contributed by atoms with van der Waals surface area (Å²) >= 11 is 0. The number of halogens is 1. The van der Waals surface area contributed by atoms with Gasteiger partial charge in [-0.25, -0.2) is 4.39 Å². The molecular weight excluding hydrogens is 349 g/mol. The van der Waals surface area contributed by atoms with E-state index in [1.807, 2.05) is 18.2 Å². The molecule has 1 saturated heterocycles. The second kappa shape index (κ2) is 8.29. The van der Waals surface area contributed by atoms with Gasteiger partial charge in [0.25, 0.3) is 0 Å². The van der Waals surface area contributed by atoms with Gasteiger partial charge in [-0.2, -0.15) is 0 Å². The molecule has 6 heteroatoms. The fourth-order valence-corrected chi connectivity index (χ4v) is 3.38. The third-order valence-electron chi connectivity index (χ3n) is 4.83. The van der Waals surface area contributed by atoms with Crippen LogP contribution in [0.15, 0.2) is 36.4 Å². The molecule has 0 atom stereocenters. The molecule has 0 aliphatic carbocycles. The van der Waals surface area contributed by atoms with Gasteiger partial charge in [-0.05, 0) is 48.2 Å². The molecule has 1 amide bonds. The van der Waals surface area contributed by atoms with Gasteiger partial charge in [0.2, 0.25) is 5.91 Å². The molecule has 1 aliphatic heterocycles. The summed E-state index contributed by atoms with van der Waals surface area (Å²) in [4.78, 5) is 14.3. The molecule has 1 fully saturated rings. The summed E-state index contributed by atoms with van der Waals surface area (Å²) in [6, 6.07) is 10.1. The van der Waals surface area contributed by atoms with Gasteiger partial charge >= 0.3 is 0 Å². The minimum absolute atomic E-state index is 0.0154. The first-order valence-electron chi connectivity index (χ1n) is 8.84. The van der Waals surface area contributed by atoms with E-state index in [2.05, 4.69) is 0 Å². The number of methoxy groups -OCH3 is 3. The van der Waals surface area contributed by atoms with Gasteiger partial charge in [-0.3, -0.25) is 4.79 Å². The first kappa shape index (κ1) is 19.0. The predicted octanol–water partition coefficient (Wildman–Crippen LogP) is 3.10. The Morgan fingerprint density at radius 2 is 1.70 bits per heavy atom. The maximum atomic E-state index is 13.5. The lowest BCUT2D eigenvalue weighted by atomic mass is 9.91. The fraction of sp³-hybridized carbons (Fsp3) is 0.381. The summed E-state index contributed by atoms with van der Waals surface area (Å²) in [6.07, 6.45) is 0.987.